The van der Waals surface area contributed by atoms with Crippen molar-refractivity contribution in [3.05, 3.63) is 46.9 Å². The van der Waals surface area contributed by atoms with Gasteiger partial charge >= 0.3 is 0 Å². The van der Waals surface area contributed by atoms with Gasteiger partial charge in [0.15, 0.2) is 0 Å². The third-order valence-electron chi connectivity index (χ3n) is 2.37. The Labute approximate surface area is 93.5 Å². The average molecular weight is 265 g/mol. The van der Waals surface area contributed by atoms with Crippen LogP contribution in [-0.2, 0) is 0 Å². The number of nitrogens with zero attached hydrogens (tertiary/aromatic N) is 2. The van der Waals surface area contributed by atoms with Gasteiger partial charge in [-0.05, 0) is 51.6 Å². The second kappa shape index (κ2) is 3.03. The van der Waals surface area contributed by atoms with Crippen LogP contribution in [0.2, 0.25) is 0 Å². The Morgan fingerprint density at radius 1 is 1.20 bits per heavy atom. The lowest BCUT2D eigenvalue weighted by Crippen LogP contribution is -1.87. The van der Waals surface area contributed by atoms with E-state index in [4.69, 9.17) is 0 Å². The standard InChI is InChI=1S/C11H6BrFN2/c12-10-6-15-9-5-8(13)3-1-7(9)2-4-11(15)14-10/h1-6H. The maximum atomic E-state index is 13.1. The fourth-order valence-electron chi connectivity index (χ4n) is 1.71. The van der Waals surface area contributed by atoms with Crippen molar-refractivity contribution in [2.24, 2.45) is 0 Å². The molecule has 2 heterocycles. The van der Waals surface area contributed by atoms with Crippen LogP contribution in [0.4, 0.5) is 4.39 Å². The van der Waals surface area contributed by atoms with E-state index in [0.29, 0.717) is 0 Å². The molecule has 3 aromatic rings. The molecule has 0 aliphatic carbocycles. The monoisotopic (exact) mass is 264 g/mol. The molecular formula is C11H6BrFN2. The van der Waals surface area contributed by atoms with E-state index in [-0.39, 0.29) is 5.82 Å². The van der Waals surface area contributed by atoms with Crippen molar-refractivity contribution >= 4 is 32.5 Å². The average Bonchev–Trinajstić information content (AvgIpc) is 2.58. The first-order valence-electron chi connectivity index (χ1n) is 4.47. The van der Waals surface area contributed by atoms with Gasteiger partial charge in [0.05, 0.1) is 5.52 Å². The van der Waals surface area contributed by atoms with Crippen molar-refractivity contribution in [2.75, 3.05) is 0 Å². The smallest absolute Gasteiger partial charge is 0.138 e. The van der Waals surface area contributed by atoms with Crippen LogP contribution in [0, 0.1) is 5.82 Å². The van der Waals surface area contributed by atoms with Crippen molar-refractivity contribution in [1.82, 2.24) is 9.38 Å². The molecule has 3 rings (SSSR count). The van der Waals surface area contributed by atoms with E-state index in [2.05, 4.69) is 20.9 Å². The van der Waals surface area contributed by atoms with Gasteiger partial charge in [-0.1, -0.05) is 0 Å². The fraction of sp³-hybridized carbons (Fsp3) is 0. The van der Waals surface area contributed by atoms with Crippen LogP contribution in [0.15, 0.2) is 41.1 Å². The first-order chi connectivity index (χ1) is 7.24. The molecule has 0 N–H and O–H groups in total. The van der Waals surface area contributed by atoms with Crippen molar-refractivity contribution in [2.45, 2.75) is 0 Å². The fourth-order valence-corrected chi connectivity index (χ4v) is 2.09. The molecule has 0 unspecified atom stereocenters. The molecule has 0 radical (unpaired) electrons. The summed E-state index contributed by atoms with van der Waals surface area (Å²) in [5, 5.41) is 0.994. The number of fused-ring (bicyclic) bond motifs is 3. The summed E-state index contributed by atoms with van der Waals surface area (Å²) >= 11 is 3.30. The minimum absolute atomic E-state index is 0.236. The molecular weight excluding hydrogens is 259 g/mol. The number of halogens is 2. The number of aromatic nitrogens is 2. The van der Waals surface area contributed by atoms with Crippen molar-refractivity contribution in [1.29, 1.82) is 0 Å². The highest BCUT2D eigenvalue weighted by Gasteiger charge is 2.03. The summed E-state index contributed by atoms with van der Waals surface area (Å²) in [5.41, 5.74) is 1.63. The topological polar surface area (TPSA) is 17.3 Å². The maximum Gasteiger partial charge on any atom is 0.138 e. The molecule has 0 atom stereocenters. The SMILES string of the molecule is Fc1ccc2ccc3nc(Br)cn3c2c1. The summed E-state index contributed by atoms with van der Waals surface area (Å²) in [7, 11) is 0. The van der Waals surface area contributed by atoms with Gasteiger partial charge in [-0.2, -0.15) is 0 Å². The van der Waals surface area contributed by atoms with E-state index in [1.165, 1.54) is 12.1 Å². The van der Waals surface area contributed by atoms with Gasteiger partial charge < -0.3 is 0 Å². The van der Waals surface area contributed by atoms with E-state index in [9.17, 15) is 4.39 Å². The van der Waals surface area contributed by atoms with Crippen LogP contribution in [0.1, 0.15) is 0 Å². The predicted molar refractivity (Wildman–Crippen MR) is 60.4 cm³/mol. The molecule has 15 heavy (non-hydrogen) atoms. The van der Waals surface area contributed by atoms with Crippen LogP contribution in [0.25, 0.3) is 16.6 Å². The first-order valence-corrected chi connectivity index (χ1v) is 5.26. The quantitative estimate of drug-likeness (QED) is 0.609. The Morgan fingerprint density at radius 3 is 2.87 bits per heavy atom. The van der Waals surface area contributed by atoms with Crippen LogP contribution in [0.5, 0.6) is 0 Å². The van der Waals surface area contributed by atoms with E-state index in [1.807, 2.05) is 22.7 Å². The van der Waals surface area contributed by atoms with Gasteiger partial charge in [-0.15, -0.1) is 0 Å². The molecule has 0 aliphatic rings. The minimum Gasteiger partial charge on any atom is -0.298 e. The molecule has 0 aliphatic heterocycles. The molecule has 0 saturated carbocycles. The van der Waals surface area contributed by atoms with Crippen LogP contribution < -0.4 is 0 Å². The largest absolute Gasteiger partial charge is 0.298 e. The molecule has 4 heteroatoms. The lowest BCUT2D eigenvalue weighted by atomic mass is 10.2. The minimum atomic E-state index is -0.236. The van der Waals surface area contributed by atoms with Crippen molar-refractivity contribution < 1.29 is 4.39 Å². The van der Waals surface area contributed by atoms with Gasteiger partial charge in [-0.25, -0.2) is 9.37 Å². The summed E-state index contributed by atoms with van der Waals surface area (Å²) in [6.45, 7) is 0. The Balaban J connectivity index is 2.56. The van der Waals surface area contributed by atoms with Crippen molar-refractivity contribution in [3.8, 4) is 0 Å². The van der Waals surface area contributed by atoms with E-state index in [0.717, 1.165) is 21.2 Å². The lowest BCUT2D eigenvalue weighted by Gasteiger charge is -2.01. The lowest BCUT2D eigenvalue weighted by molar-refractivity contribution is 0.629. The second-order valence-corrected chi connectivity index (χ2v) is 4.14. The zero-order valence-electron chi connectivity index (χ0n) is 7.61. The Morgan fingerprint density at radius 2 is 2.00 bits per heavy atom. The Bertz CT molecular complexity index is 660. The number of benzene rings is 1. The van der Waals surface area contributed by atoms with Gasteiger partial charge in [0.1, 0.15) is 16.1 Å². The molecule has 2 nitrogen and oxygen atoms in total. The molecule has 74 valence electrons. The third-order valence-corrected chi connectivity index (χ3v) is 2.75. The normalized spacial score (nSPS) is 11.3. The summed E-state index contributed by atoms with van der Waals surface area (Å²) in [5.74, 6) is -0.236. The number of rotatable bonds is 0. The second-order valence-electron chi connectivity index (χ2n) is 3.33. The third kappa shape index (κ3) is 1.33. The molecule has 0 amide bonds. The Kier molecular flexibility index (Phi) is 1.79. The number of hydrogen-bond acceptors (Lipinski definition) is 1. The van der Waals surface area contributed by atoms with Crippen LogP contribution >= 0.6 is 15.9 Å². The molecule has 0 fully saturated rings. The predicted octanol–water partition coefficient (Wildman–Crippen LogP) is 3.39. The van der Waals surface area contributed by atoms with Gasteiger partial charge in [0.2, 0.25) is 0 Å². The van der Waals surface area contributed by atoms with Crippen molar-refractivity contribution in [3.63, 3.8) is 0 Å². The maximum absolute atomic E-state index is 13.1. The summed E-state index contributed by atoms with van der Waals surface area (Å²) in [4.78, 5) is 4.25. The number of hydrogen-bond donors (Lipinski definition) is 0. The zero-order chi connectivity index (χ0) is 10.4. The summed E-state index contributed by atoms with van der Waals surface area (Å²) < 4.78 is 15.7. The van der Waals surface area contributed by atoms with Gasteiger partial charge in [0.25, 0.3) is 0 Å². The molecule has 0 saturated heterocycles. The summed E-state index contributed by atoms with van der Waals surface area (Å²) in [6.07, 6.45) is 1.83. The summed E-state index contributed by atoms with van der Waals surface area (Å²) in [6, 6.07) is 8.57. The first kappa shape index (κ1) is 8.85. The molecule has 0 spiro atoms. The molecule has 1 aromatic carbocycles. The molecule has 0 bridgehead atoms. The number of imidazole rings is 1. The highest BCUT2D eigenvalue weighted by atomic mass is 79.9. The van der Waals surface area contributed by atoms with E-state index in [1.54, 1.807) is 6.07 Å². The number of pyridine rings is 1. The van der Waals surface area contributed by atoms with Gasteiger partial charge in [-0.3, -0.25) is 4.40 Å². The highest BCUT2D eigenvalue weighted by molar-refractivity contribution is 9.10. The highest BCUT2D eigenvalue weighted by Crippen LogP contribution is 2.20. The van der Waals surface area contributed by atoms with Crippen LogP contribution in [0.3, 0.4) is 0 Å². The zero-order valence-corrected chi connectivity index (χ0v) is 9.20. The Hall–Kier alpha value is -1.42. The van der Waals surface area contributed by atoms with E-state index < -0.39 is 0 Å². The van der Waals surface area contributed by atoms with Gasteiger partial charge in [0, 0.05) is 6.20 Å². The van der Waals surface area contributed by atoms with E-state index >= 15 is 0 Å². The van der Waals surface area contributed by atoms with Crippen LogP contribution in [-0.4, -0.2) is 9.38 Å². The molecule has 2 aromatic heterocycles.